The van der Waals surface area contributed by atoms with Crippen molar-refractivity contribution in [1.82, 2.24) is 0 Å². The lowest BCUT2D eigenvalue weighted by atomic mass is 9.42. The minimum absolute atomic E-state index is 0.0779. The molecular weight excluding hydrogens is 977 g/mol. The third-order valence-electron chi connectivity index (χ3n) is 17.6. The first-order chi connectivity index (χ1) is 33.7. The topological polar surface area (TPSA) is 346 Å². The quantitative estimate of drug-likeness (QED) is 0.0771. The molecule has 0 aromatic heterocycles. The zero-order valence-electron chi connectivity index (χ0n) is 41.5. The molecule has 0 bridgehead atoms. The number of rotatable bonds is 14. The van der Waals surface area contributed by atoms with Gasteiger partial charge in [-0.15, -0.1) is 0 Å². The van der Waals surface area contributed by atoms with Crippen LogP contribution >= 0.6 is 0 Å². The van der Waals surface area contributed by atoms with Gasteiger partial charge in [0.1, 0.15) is 72.6 Å². The van der Waals surface area contributed by atoms with Gasteiger partial charge in [0.2, 0.25) is 0 Å². The van der Waals surface area contributed by atoms with Crippen molar-refractivity contribution in [2.75, 3.05) is 26.9 Å². The summed E-state index contributed by atoms with van der Waals surface area (Å²) in [6, 6.07) is 0. The summed E-state index contributed by atoms with van der Waals surface area (Å²) in [6.07, 6.45) is -20.3. The number of carboxylic acids is 1. The number of fused-ring (bicyclic) bond motifs is 5. The molecular formula is C48H74O23S. The Morgan fingerprint density at radius 2 is 1.49 bits per heavy atom. The normalized spacial score (nSPS) is 50.3. The number of aliphatic hydroxyl groups excluding tert-OH is 8. The van der Waals surface area contributed by atoms with Crippen LogP contribution < -0.4 is 0 Å². The van der Waals surface area contributed by atoms with Gasteiger partial charge >= 0.3 is 16.4 Å². The second kappa shape index (κ2) is 20.7. The van der Waals surface area contributed by atoms with Gasteiger partial charge in [-0.05, 0) is 62.7 Å². The first-order valence-electron chi connectivity index (χ1n) is 24.7. The monoisotopic (exact) mass is 1050 g/mol. The van der Waals surface area contributed by atoms with Gasteiger partial charge in [0.25, 0.3) is 0 Å². The summed E-state index contributed by atoms with van der Waals surface area (Å²) in [5.41, 5.74) is -1.82. The lowest BCUT2D eigenvalue weighted by molar-refractivity contribution is -0.385. The van der Waals surface area contributed by atoms with Gasteiger partial charge in [-0.1, -0.05) is 63.6 Å². The van der Waals surface area contributed by atoms with Crippen molar-refractivity contribution in [2.24, 2.45) is 39.4 Å². The summed E-state index contributed by atoms with van der Waals surface area (Å²) in [5, 5.41) is 100. The molecule has 25 atom stereocenters. The Labute approximate surface area is 418 Å². The third kappa shape index (κ3) is 9.49. The summed E-state index contributed by atoms with van der Waals surface area (Å²) in [6.45, 7) is 14.2. The molecule has 0 spiro atoms. The first-order valence-corrected chi connectivity index (χ1v) is 26.0. The van der Waals surface area contributed by atoms with E-state index >= 15 is 0 Å². The molecule has 410 valence electrons. The SMILES string of the molecule is C=C(C)C1C(O)CC2(C)C3=CCC4C(C)(C)C(OC5OCC(OS(=O)(=O)O)C(O)C5OC5OC(C)C(OC6OC(CO)C(O)C(OC7OCCC(OC)C7O)C6O)C(O)C5O)CCC4(C)C3C=CC12C(=O)O. The largest absolute Gasteiger partial charge is 0.481 e. The number of hydrogen-bond donors (Lipinski definition) is 10. The van der Waals surface area contributed by atoms with E-state index in [-0.39, 0.29) is 24.9 Å². The molecule has 4 heterocycles. The third-order valence-corrected chi connectivity index (χ3v) is 18.1. The van der Waals surface area contributed by atoms with Crippen molar-refractivity contribution < 1.29 is 111 Å². The molecule has 72 heavy (non-hydrogen) atoms. The Balaban J connectivity index is 0.990. The molecule has 0 aromatic carbocycles. The second-order valence-electron chi connectivity index (χ2n) is 22.1. The van der Waals surface area contributed by atoms with Crippen LogP contribution in [0.25, 0.3) is 0 Å². The molecule has 4 aliphatic carbocycles. The van der Waals surface area contributed by atoms with Gasteiger partial charge in [0.15, 0.2) is 25.2 Å². The van der Waals surface area contributed by atoms with Crippen molar-refractivity contribution in [2.45, 2.75) is 190 Å². The minimum Gasteiger partial charge on any atom is -0.481 e. The van der Waals surface area contributed by atoms with Crippen LogP contribution in [0.3, 0.4) is 0 Å². The number of allylic oxidation sites excluding steroid dienone is 3. The smallest absolute Gasteiger partial charge is 0.397 e. The number of hydrogen-bond acceptors (Lipinski definition) is 21. The molecule has 24 heteroatoms. The van der Waals surface area contributed by atoms with Gasteiger partial charge < -0.3 is 88.6 Å². The zero-order valence-corrected chi connectivity index (χ0v) is 42.3. The maximum absolute atomic E-state index is 13.3. The van der Waals surface area contributed by atoms with E-state index in [0.29, 0.717) is 31.3 Å². The molecule has 8 aliphatic rings. The Kier molecular flexibility index (Phi) is 16.1. The van der Waals surface area contributed by atoms with Crippen molar-refractivity contribution >= 4 is 16.4 Å². The van der Waals surface area contributed by atoms with E-state index in [1.165, 1.54) is 14.0 Å². The second-order valence-corrected chi connectivity index (χ2v) is 23.2. The fourth-order valence-corrected chi connectivity index (χ4v) is 14.4. The predicted molar refractivity (Wildman–Crippen MR) is 244 cm³/mol. The van der Waals surface area contributed by atoms with E-state index in [4.69, 9.17) is 46.8 Å². The van der Waals surface area contributed by atoms with Crippen molar-refractivity contribution in [1.29, 1.82) is 0 Å². The molecule has 0 amide bonds. The zero-order chi connectivity index (χ0) is 52.8. The maximum Gasteiger partial charge on any atom is 0.397 e. The minimum atomic E-state index is -5.15. The number of methoxy groups -OCH3 is 1. The van der Waals surface area contributed by atoms with Crippen LogP contribution in [0, 0.1) is 39.4 Å². The number of carbonyl (C=O) groups is 1. The van der Waals surface area contributed by atoms with Crippen molar-refractivity contribution in [3.63, 3.8) is 0 Å². The Morgan fingerprint density at radius 1 is 0.819 bits per heavy atom. The lowest BCUT2D eigenvalue weighted by Crippen LogP contribution is -2.66. The van der Waals surface area contributed by atoms with E-state index in [9.17, 15) is 63.7 Å². The fourth-order valence-electron chi connectivity index (χ4n) is 13.9. The Morgan fingerprint density at radius 3 is 2.12 bits per heavy atom. The highest BCUT2D eigenvalue weighted by atomic mass is 32.3. The number of aliphatic carboxylic acids is 1. The molecule has 8 rings (SSSR count). The standard InChI is InChI=1S/C48H74O23S/c1-20(2)30-24(50)17-47(7)23-9-10-28-45(4,5)29(12-14-46(28,6)22(23)11-15-48(30,47)44(57)58)67-43-39(32(52)27(19-64-43)71-72(59,60)61)70-41-35(55)34(54)37(21(3)65-41)68-42-36(56)38(31(51)26(18-49)66-42)69-40-33(53)25(62-8)13-16-63-40/h9,11,15,21-22,24-43,49-56H,1,10,12-14,16-19H2,2-8H3,(H,57,58)(H,59,60,61). The van der Waals surface area contributed by atoms with E-state index in [1.54, 1.807) is 13.0 Å². The van der Waals surface area contributed by atoms with Crippen LogP contribution in [0.2, 0.25) is 0 Å². The average Bonchev–Trinajstić information content (AvgIpc) is 3.56. The number of carboxylic acid groups (broad SMARTS) is 1. The number of ether oxygens (including phenoxy) is 9. The predicted octanol–water partition coefficient (Wildman–Crippen LogP) is -0.547. The van der Waals surface area contributed by atoms with Crippen molar-refractivity contribution in [3.05, 3.63) is 36.0 Å². The van der Waals surface area contributed by atoms with Gasteiger partial charge in [0, 0.05) is 24.4 Å². The molecule has 4 aliphatic heterocycles. The maximum atomic E-state index is 13.3. The Hall–Kier alpha value is -2.12. The molecule has 25 unspecified atom stereocenters. The highest BCUT2D eigenvalue weighted by molar-refractivity contribution is 7.80. The summed E-state index contributed by atoms with van der Waals surface area (Å²) < 4.78 is 91.3. The van der Waals surface area contributed by atoms with Gasteiger partial charge in [-0.25, -0.2) is 4.18 Å². The van der Waals surface area contributed by atoms with Crippen LogP contribution in [0.5, 0.6) is 0 Å². The van der Waals surface area contributed by atoms with Crippen LogP contribution in [0.4, 0.5) is 0 Å². The van der Waals surface area contributed by atoms with Gasteiger partial charge in [-0.3, -0.25) is 9.35 Å². The van der Waals surface area contributed by atoms with E-state index in [2.05, 4.69) is 19.6 Å². The summed E-state index contributed by atoms with van der Waals surface area (Å²) in [4.78, 5) is 13.3. The highest BCUT2D eigenvalue weighted by Crippen LogP contribution is 2.71. The molecule has 6 fully saturated rings. The average molecular weight is 1050 g/mol. The van der Waals surface area contributed by atoms with E-state index in [0.717, 1.165) is 5.57 Å². The molecule has 0 radical (unpaired) electrons. The van der Waals surface area contributed by atoms with Gasteiger partial charge in [-0.2, -0.15) is 8.42 Å². The summed E-state index contributed by atoms with van der Waals surface area (Å²) in [7, 11) is -3.76. The van der Waals surface area contributed by atoms with Crippen LogP contribution in [0.15, 0.2) is 36.0 Å². The summed E-state index contributed by atoms with van der Waals surface area (Å²) >= 11 is 0. The highest BCUT2D eigenvalue weighted by Gasteiger charge is 2.71. The molecule has 4 saturated heterocycles. The van der Waals surface area contributed by atoms with E-state index < -0.39 is 174 Å². The molecule has 2 saturated carbocycles. The van der Waals surface area contributed by atoms with E-state index in [1.807, 2.05) is 26.8 Å². The van der Waals surface area contributed by atoms with Crippen LogP contribution in [-0.4, -0.2) is 209 Å². The molecule has 23 nitrogen and oxygen atoms in total. The summed E-state index contributed by atoms with van der Waals surface area (Å²) in [5.74, 6) is -1.96. The Bertz CT molecular complexity index is 2160. The van der Waals surface area contributed by atoms with Crippen molar-refractivity contribution in [3.8, 4) is 0 Å². The van der Waals surface area contributed by atoms with Gasteiger partial charge in [0.05, 0.1) is 44.2 Å². The number of aliphatic hydroxyl groups is 8. The van der Waals surface area contributed by atoms with Crippen LogP contribution in [-0.2, 0) is 62.0 Å². The molecule has 10 N–H and O–H groups in total. The van der Waals surface area contributed by atoms with Crippen LogP contribution in [0.1, 0.15) is 73.6 Å². The fraction of sp³-hybridized carbons (Fsp3) is 0.854. The molecule has 0 aromatic rings. The first kappa shape index (κ1) is 56.1. The lowest BCUT2D eigenvalue weighted by Gasteiger charge is -2.62.